The zero-order chi connectivity index (χ0) is 17.0. The van der Waals surface area contributed by atoms with Crippen molar-refractivity contribution in [1.82, 2.24) is 0 Å². The van der Waals surface area contributed by atoms with Crippen LogP contribution in [0.2, 0.25) is 5.02 Å². The second kappa shape index (κ2) is 5.21. The summed E-state index contributed by atoms with van der Waals surface area (Å²) in [6, 6.07) is 5.03. The van der Waals surface area contributed by atoms with Crippen molar-refractivity contribution in [2.75, 3.05) is 10.5 Å². The Labute approximate surface area is 142 Å². The van der Waals surface area contributed by atoms with Crippen LogP contribution >= 0.6 is 11.6 Å². The van der Waals surface area contributed by atoms with Crippen LogP contribution in [0.3, 0.4) is 0 Å². The summed E-state index contributed by atoms with van der Waals surface area (Å²) in [6.45, 7) is 5.88. The zero-order valence-electron chi connectivity index (χ0n) is 13.6. The molecule has 4 nitrogen and oxygen atoms in total. The molecule has 2 saturated carbocycles. The molecule has 0 heterocycles. The first-order valence-electron chi connectivity index (χ1n) is 7.87. The first-order valence-corrected chi connectivity index (χ1v) is 9.90. The minimum Gasteiger partial charge on any atom is -0.299 e. The van der Waals surface area contributed by atoms with Crippen molar-refractivity contribution in [2.45, 2.75) is 40.0 Å². The molecule has 126 valence electrons. The molecule has 0 aromatic heterocycles. The molecule has 0 saturated heterocycles. The van der Waals surface area contributed by atoms with Crippen molar-refractivity contribution in [3.63, 3.8) is 0 Å². The largest absolute Gasteiger partial charge is 0.299 e. The highest BCUT2D eigenvalue weighted by Gasteiger charge is 2.65. The number of sulfonamides is 1. The maximum Gasteiger partial charge on any atom is 0.233 e. The van der Waals surface area contributed by atoms with Gasteiger partial charge in [0.1, 0.15) is 5.78 Å². The molecule has 2 atom stereocenters. The summed E-state index contributed by atoms with van der Waals surface area (Å²) in [4.78, 5) is 12.5. The summed E-state index contributed by atoms with van der Waals surface area (Å²) < 4.78 is 28.1. The molecule has 2 unspecified atom stereocenters. The number of carbonyl (C=O) groups excluding carboxylic acids is 1. The Bertz CT molecular complexity index is 772. The van der Waals surface area contributed by atoms with Gasteiger partial charge in [0.25, 0.3) is 0 Å². The number of benzene rings is 1. The lowest BCUT2D eigenvalue weighted by Crippen LogP contribution is -2.43. The average Bonchev–Trinajstić information content (AvgIpc) is 2.75. The van der Waals surface area contributed by atoms with E-state index in [-0.39, 0.29) is 17.0 Å². The van der Waals surface area contributed by atoms with E-state index in [4.69, 9.17) is 11.6 Å². The van der Waals surface area contributed by atoms with Crippen LogP contribution in [0.5, 0.6) is 0 Å². The van der Waals surface area contributed by atoms with Crippen molar-refractivity contribution in [3.05, 3.63) is 28.8 Å². The Balaban J connectivity index is 1.88. The van der Waals surface area contributed by atoms with E-state index in [0.29, 0.717) is 29.5 Å². The fourth-order valence-corrected chi connectivity index (χ4v) is 6.57. The number of ketones is 1. The van der Waals surface area contributed by atoms with Gasteiger partial charge in [-0.05, 0) is 54.9 Å². The quantitative estimate of drug-likeness (QED) is 0.893. The van der Waals surface area contributed by atoms with E-state index in [2.05, 4.69) is 4.72 Å². The van der Waals surface area contributed by atoms with Gasteiger partial charge >= 0.3 is 0 Å². The monoisotopic (exact) mass is 355 g/mol. The Morgan fingerprint density at radius 1 is 1.35 bits per heavy atom. The Morgan fingerprint density at radius 3 is 2.57 bits per heavy atom. The molecule has 0 radical (unpaired) electrons. The van der Waals surface area contributed by atoms with E-state index in [1.807, 2.05) is 13.8 Å². The summed E-state index contributed by atoms with van der Waals surface area (Å²) in [5.74, 6) is 0.282. The molecule has 1 aromatic rings. The van der Waals surface area contributed by atoms with Crippen molar-refractivity contribution >= 4 is 33.1 Å². The lowest BCUT2D eigenvalue weighted by atomic mass is 9.70. The molecular weight excluding hydrogens is 334 g/mol. The number of rotatable bonds is 4. The number of hydrogen-bond donors (Lipinski definition) is 1. The van der Waals surface area contributed by atoms with Gasteiger partial charge in [0.15, 0.2) is 0 Å². The van der Waals surface area contributed by atoms with E-state index in [9.17, 15) is 13.2 Å². The number of anilines is 1. The summed E-state index contributed by atoms with van der Waals surface area (Å²) in [6.07, 6.45) is 2.13. The van der Waals surface area contributed by atoms with Gasteiger partial charge in [0, 0.05) is 11.4 Å². The molecule has 1 N–H and O–H groups in total. The highest BCUT2D eigenvalue weighted by molar-refractivity contribution is 7.92. The Morgan fingerprint density at radius 2 is 2.04 bits per heavy atom. The second-order valence-electron chi connectivity index (χ2n) is 7.49. The van der Waals surface area contributed by atoms with Crippen LogP contribution in [-0.2, 0) is 14.8 Å². The predicted molar refractivity (Wildman–Crippen MR) is 92.2 cm³/mol. The van der Waals surface area contributed by atoms with Crippen LogP contribution in [0.4, 0.5) is 5.69 Å². The van der Waals surface area contributed by atoms with Gasteiger partial charge in [-0.1, -0.05) is 25.4 Å². The first kappa shape index (κ1) is 16.8. The third-order valence-corrected chi connectivity index (χ3v) is 7.67. The number of nitrogens with one attached hydrogen (secondary N) is 1. The molecule has 0 amide bonds. The normalized spacial score (nSPS) is 29.0. The SMILES string of the molecule is Cc1cc(Cl)ccc1NS(=O)(=O)CC12CCC(CC1=O)C2(C)C. The van der Waals surface area contributed by atoms with Gasteiger partial charge in [-0.3, -0.25) is 9.52 Å². The van der Waals surface area contributed by atoms with Crippen LogP contribution in [0.15, 0.2) is 18.2 Å². The second-order valence-corrected chi connectivity index (χ2v) is 9.65. The van der Waals surface area contributed by atoms with E-state index in [1.54, 1.807) is 25.1 Å². The minimum atomic E-state index is -3.62. The Hall–Kier alpha value is -1.07. The molecule has 2 aliphatic carbocycles. The van der Waals surface area contributed by atoms with Crippen molar-refractivity contribution in [1.29, 1.82) is 0 Å². The topological polar surface area (TPSA) is 63.2 Å². The third-order valence-electron chi connectivity index (χ3n) is 6.03. The standard InChI is InChI=1S/C17H22ClNO3S/c1-11-8-13(18)4-5-14(11)19-23(21,22)10-17-7-6-12(9-15(17)20)16(17,2)3/h4-5,8,12,19H,6-7,9-10H2,1-3H3. The smallest absolute Gasteiger partial charge is 0.233 e. The summed E-state index contributed by atoms with van der Waals surface area (Å²) in [5.41, 5.74) is 0.279. The maximum absolute atomic E-state index is 12.7. The third kappa shape index (κ3) is 2.58. The van der Waals surface area contributed by atoms with Gasteiger partial charge in [0.2, 0.25) is 10.0 Å². The molecular formula is C17H22ClNO3S. The highest BCUT2D eigenvalue weighted by atomic mass is 35.5. The van der Waals surface area contributed by atoms with Gasteiger partial charge < -0.3 is 0 Å². The van der Waals surface area contributed by atoms with E-state index >= 15 is 0 Å². The molecule has 2 bridgehead atoms. The summed E-state index contributed by atoms with van der Waals surface area (Å²) in [5, 5.41) is 0.565. The van der Waals surface area contributed by atoms with E-state index in [0.717, 1.165) is 12.0 Å². The van der Waals surface area contributed by atoms with Gasteiger partial charge in [-0.15, -0.1) is 0 Å². The maximum atomic E-state index is 12.7. The fraction of sp³-hybridized carbons (Fsp3) is 0.588. The molecule has 2 fully saturated rings. The number of Topliss-reactive ketones (excluding diaryl/α,β-unsaturated/α-hetero) is 1. The zero-order valence-corrected chi connectivity index (χ0v) is 15.2. The van der Waals surface area contributed by atoms with E-state index in [1.165, 1.54) is 0 Å². The van der Waals surface area contributed by atoms with Crippen LogP contribution in [0, 0.1) is 23.7 Å². The number of carbonyl (C=O) groups is 1. The number of halogens is 1. The van der Waals surface area contributed by atoms with Crippen LogP contribution < -0.4 is 4.72 Å². The summed E-state index contributed by atoms with van der Waals surface area (Å²) in [7, 11) is -3.62. The average molecular weight is 356 g/mol. The van der Waals surface area contributed by atoms with Crippen LogP contribution in [0.25, 0.3) is 0 Å². The molecule has 3 rings (SSSR count). The number of aryl methyl sites for hydroxylation is 1. The molecule has 1 aromatic carbocycles. The minimum absolute atomic E-state index is 0.108. The van der Waals surface area contributed by atoms with Crippen LogP contribution in [-0.4, -0.2) is 20.0 Å². The van der Waals surface area contributed by atoms with Crippen molar-refractivity contribution < 1.29 is 13.2 Å². The molecule has 23 heavy (non-hydrogen) atoms. The van der Waals surface area contributed by atoms with Gasteiger partial charge in [-0.25, -0.2) is 8.42 Å². The number of hydrogen-bond acceptors (Lipinski definition) is 3. The van der Waals surface area contributed by atoms with Crippen molar-refractivity contribution in [2.24, 2.45) is 16.7 Å². The number of fused-ring (bicyclic) bond motifs is 2. The van der Waals surface area contributed by atoms with Crippen LogP contribution in [0.1, 0.15) is 38.7 Å². The molecule has 6 heteroatoms. The molecule has 0 spiro atoms. The highest BCUT2D eigenvalue weighted by Crippen LogP contribution is 2.64. The first-order chi connectivity index (χ1) is 10.6. The molecule has 2 aliphatic rings. The van der Waals surface area contributed by atoms with Gasteiger partial charge in [0.05, 0.1) is 16.9 Å². The predicted octanol–water partition coefficient (Wildman–Crippen LogP) is 3.79. The van der Waals surface area contributed by atoms with E-state index < -0.39 is 15.4 Å². The van der Waals surface area contributed by atoms with Gasteiger partial charge in [-0.2, -0.15) is 0 Å². The van der Waals surface area contributed by atoms with Crippen molar-refractivity contribution in [3.8, 4) is 0 Å². The fourth-order valence-electron chi connectivity index (χ4n) is 4.38. The lowest BCUT2D eigenvalue weighted by Gasteiger charge is -2.36. The summed E-state index contributed by atoms with van der Waals surface area (Å²) >= 11 is 5.91. The Kier molecular flexibility index (Phi) is 3.80. The molecule has 0 aliphatic heterocycles. The lowest BCUT2D eigenvalue weighted by molar-refractivity contribution is -0.128.